The van der Waals surface area contributed by atoms with Gasteiger partial charge in [-0.15, -0.1) is 0 Å². The van der Waals surface area contributed by atoms with E-state index in [9.17, 15) is 0 Å². The van der Waals surface area contributed by atoms with Crippen LogP contribution in [0.4, 0.5) is 0 Å². The van der Waals surface area contributed by atoms with Crippen LogP contribution in [0.5, 0.6) is 0 Å². The number of aliphatic hydroxyl groups excluding tert-OH is 4. The molecule has 0 aliphatic heterocycles. The summed E-state index contributed by atoms with van der Waals surface area (Å²) in [5, 5.41) is 35.3. The third kappa shape index (κ3) is 2.71. The summed E-state index contributed by atoms with van der Waals surface area (Å²) in [5.74, 6) is -0.303. The molecule has 0 rings (SSSR count). The highest BCUT2D eigenvalue weighted by Crippen LogP contribution is 2.25. The second kappa shape index (κ2) is 6.37. The third-order valence-corrected chi connectivity index (χ3v) is 2.26. The Balaban J connectivity index is 0. The molecule has 0 amide bonds. The lowest BCUT2D eigenvalue weighted by Crippen LogP contribution is -2.41. The highest BCUT2D eigenvalue weighted by Gasteiger charge is 2.33. The fourth-order valence-corrected chi connectivity index (χ4v) is 0.811. The first-order chi connectivity index (χ1) is 5.16. The van der Waals surface area contributed by atoms with Gasteiger partial charge in [0.05, 0.1) is 19.8 Å². The molecule has 76 valence electrons. The van der Waals surface area contributed by atoms with Gasteiger partial charge in [0, 0.05) is 12.0 Å². The first-order valence-electron chi connectivity index (χ1n) is 3.60. The van der Waals surface area contributed by atoms with Crippen LogP contribution >= 0.6 is 0 Å². The molecule has 0 spiro atoms. The molecule has 4 heteroatoms. The molecule has 4 N–H and O–H groups in total. The van der Waals surface area contributed by atoms with Crippen LogP contribution in [0.3, 0.4) is 0 Å². The van der Waals surface area contributed by atoms with Crippen molar-refractivity contribution < 1.29 is 20.4 Å². The third-order valence-electron chi connectivity index (χ3n) is 2.26. The van der Waals surface area contributed by atoms with Crippen molar-refractivity contribution in [1.29, 1.82) is 0 Å². The standard InChI is InChI=1S/C7H16O4.CH4/c1-6(2-8)7(3-9,4-10)5-11;/h6,8-11H,2-5H2,1H3;1H4. The first-order valence-corrected chi connectivity index (χ1v) is 3.60. The van der Waals surface area contributed by atoms with E-state index in [1.807, 2.05) is 0 Å². The van der Waals surface area contributed by atoms with Gasteiger partial charge in [0.1, 0.15) is 0 Å². The van der Waals surface area contributed by atoms with Crippen molar-refractivity contribution in [2.24, 2.45) is 11.3 Å². The Labute approximate surface area is 73.5 Å². The van der Waals surface area contributed by atoms with Crippen LogP contribution in [0.2, 0.25) is 0 Å². The molecule has 0 fully saturated rings. The molecule has 4 nitrogen and oxygen atoms in total. The largest absolute Gasteiger partial charge is 0.396 e. The monoisotopic (exact) mass is 180 g/mol. The van der Waals surface area contributed by atoms with Gasteiger partial charge in [-0.2, -0.15) is 0 Å². The Morgan fingerprint density at radius 2 is 1.33 bits per heavy atom. The average Bonchev–Trinajstić information content (AvgIpc) is 2.08. The minimum absolute atomic E-state index is 0. The highest BCUT2D eigenvalue weighted by molar-refractivity contribution is 4.82. The van der Waals surface area contributed by atoms with Gasteiger partial charge in [-0.3, -0.25) is 0 Å². The van der Waals surface area contributed by atoms with Crippen LogP contribution in [0.1, 0.15) is 14.4 Å². The van der Waals surface area contributed by atoms with Crippen LogP contribution in [-0.2, 0) is 0 Å². The molecule has 0 bridgehead atoms. The maximum atomic E-state index is 8.85. The van der Waals surface area contributed by atoms with E-state index in [2.05, 4.69) is 0 Å². The summed E-state index contributed by atoms with van der Waals surface area (Å²) in [5.41, 5.74) is -0.950. The molecule has 0 heterocycles. The fraction of sp³-hybridized carbons (Fsp3) is 1.00. The molecule has 1 unspecified atom stereocenters. The van der Waals surface area contributed by atoms with Crippen LogP contribution in [0, 0.1) is 11.3 Å². The van der Waals surface area contributed by atoms with Gasteiger partial charge < -0.3 is 20.4 Å². The van der Waals surface area contributed by atoms with Crippen LogP contribution in [0.25, 0.3) is 0 Å². The fourth-order valence-electron chi connectivity index (χ4n) is 0.811. The van der Waals surface area contributed by atoms with Crippen molar-refractivity contribution in [3.8, 4) is 0 Å². The molecule has 0 aliphatic rings. The van der Waals surface area contributed by atoms with Gasteiger partial charge >= 0.3 is 0 Å². The molecule has 0 radical (unpaired) electrons. The maximum Gasteiger partial charge on any atom is 0.0535 e. The zero-order valence-corrected chi connectivity index (χ0v) is 6.69. The van der Waals surface area contributed by atoms with Gasteiger partial charge in [0.2, 0.25) is 0 Å². The predicted octanol–water partition coefficient (Wildman–Crippen LogP) is -0.786. The minimum Gasteiger partial charge on any atom is -0.396 e. The lowest BCUT2D eigenvalue weighted by atomic mass is 9.79. The molecular formula is C8H20O4. The smallest absolute Gasteiger partial charge is 0.0535 e. The van der Waals surface area contributed by atoms with Crippen LogP contribution < -0.4 is 0 Å². The maximum absolute atomic E-state index is 8.85. The Kier molecular flexibility index (Phi) is 7.62. The van der Waals surface area contributed by atoms with Crippen molar-refractivity contribution in [2.75, 3.05) is 26.4 Å². The predicted molar refractivity (Wildman–Crippen MR) is 46.7 cm³/mol. The van der Waals surface area contributed by atoms with Gasteiger partial charge in [-0.05, 0) is 5.92 Å². The Morgan fingerprint density at radius 1 is 1.00 bits per heavy atom. The van der Waals surface area contributed by atoms with Gasteiger partial charge in [-0.25, -0.2) is 0 Å². The zero-order chi connectivity index (χ0) is 8.91. The lowest BCUT2D eigenvalue weighted by Gasteiger charge is -2.32. The summed E-state index contributed by atoms with van der Waals surface area (Å²) < 4.78 is 0. The van der Waals surface area contributed by atoms with E-state index in [0.717, 1.165) is 0 Å². The van der Waals surface area contributed by atoms with Crippen molar-refractivity contribution in [1.82, 2.24) is 0 Å². The Morgan fingerprint density at radius 3 is 1.42 bits per heavy atom. The lowest BCUT2D eigenvalue weighted by molar-refractivity contribution is -0.0484. The number of rotatable bonds is 5. The van der Waals surface area contributed by atoms with Crippen molar-refractivity contribution in [2.45, 2.75) is 14.4 Å². The van der Waals surface area contributed by atoms with Crippen LogP contribution in [0.15, 0.2) is 0 Å². The van der Waals surface area contributed by atoms with E-state index < -0.39 is 5.41 Å². The number of aliphatic hydroxyl groups is 4. The molecule has 12 heavy (non-hydrogen) atoms. The van der Waals surface area contributed by atoms with Crippen molar-refractivity contribution in [3.05, 3.63) is 0 Å². The molecule has 0 saturated carbocycles. The summed E-state index contributed by atoms with van der Waals surface area (Å²) >= 11 is 0. The van der Waals surface area contributed by atoms with E-state index in [1.165, 1.54) is 0 Å². The summed E-state index contributed by atoms with van der Waals surface area (Å²) in [6, 6.07) is 0. The van der Waals surface area contributed by atoms with Crippen LogP contribution in [-0.4, -0.2) is 46.9 Å². The van der Waals surface area contributed by atoms with E-state index >= 15 is 0 Å². The quantitative estimate of drug-likeness (QED) is 0.447. The summed E-state index contributed by atoms with van der Waals surface area (Å²) in [6.45, 7) is 0.565. The van der Waals surface area contributed by atoms with E-state index in [1.54, 1.807) is 6.92 Å². The minimum atomic E-state index is -0.950. The van der Waals surface area contributed by atoms with E-state index in [-0.39, 0.29) is 39.8 Å². The molecule has 1 atom stereocenters. The van der Waals surface area contributed by atoms with Crippen molar-refractivity contribution >= 4 is 0 Å². The molecule has 0 saturated heterocycles. The second-order valence-corrected chi connectivity index (χ2v) is 2.92. The number of hydrogen-bond acceptors (Lipinski definition) is 4. The SMILES string of the molecule is C.CC(CO)C(CO)(CO)CO. The summed E-state index contributed by atoms with van der Waals surface area (Å²) in [4.78, 5) is 0. The van der Waals surface area contributed by atoms with Crippen molar-refractivity contribution in [3.63, 3.8) is 0 Å². The summed E-state index contributed by atoms with van der Waals surface area (Å²) in [7, 11) is 0. The normalized spacial score (nSPS) is 13.8. The molecule has 0 aromatic rings. The van der Waals surface area contributed by atoms with E-state index in [0.29, 0.717) is 0 Å². The Bertz CT molecular complexity index is 93.0. The summed E-state index contributed by atoms with van der Waals surface area (Å²) in [6.07, 6.45) is 0. The van der Waals surface area contributed by atoms with Gasteiger partial charge in [-0.1, -0.05) is 14.4 Å². The molecular weight excluding hydrogens is 160 g/mol. The molecule has 0 aliphatic carbocycles. The number of hydrogen-bond donors (Lipinski definition) is 4. The zero-order valence-electron chi connectivity index (χ0n) is 6.69. The Hall–Kier alpha value is -0.160. The topological polar surface area (TPSA) is 80.9 Å². The van der Waals surface area contributed by atoms with Gasteiger partial charge in [0.25, 0.3) is 0 Å². The van der Waals surface area contributed by atoms with Gasteiger partial charge in [0.15, 0.2) is 0 Å². The van der Waals surface area contributed by atoms with E-state index in [4.69, 9.17) is 20.4 Å². The average molecular weight is 180 g/mol. The highest BCUT2D eigenvalue weighted by atomic mass is 16.3. The molecule has 0 aromatic carbocycles. The first kappa shape index (κ1) is 14.4. The molecule has 0 aromatic heterocycles. The second-order valence-electron chi connectivity index (χ2n) is 2.92.